The number of hydrogen-bond donors (Lipinski definition) is 0. The van der Waals surface area contributed by atoms with Gasteiger partial charge >= 0.3 is 0 Å². The van der Waals surface area contributed by atoms with Crippen LogP contribution in [0.4, 0.5) is 0 Å². The largest absolute Gasteiger partial charge is 0.510 e. The molecule has 6 heterocycles. The van der Waals surface area contributed by atoms with Crippen LogP contribution in [0.5, 0.6) is 0 Å². The van der Waals surface area contributed by atoms with E-state index in [9.17, 15) is 1.37 Å². The van der Waals surface area contributed by atoms with Gasteiger partial charge in [0, 0.05) is 61.0 Å². The van der Waals surface area contributed by atoms with Crippen molar-refractivity contribution < 1.29 is 35.4 Å². The molecular formula is C66H57N4O2Pt-3. The number of pyridine rings is 1. The Kier molecular flexibility index (Phi) is 10.6. The molecular weight excluding hydrogens is 1080 g/mol. The van der Waals surface area contributed by atoms with Crippen molar-refractivity contribution >= 4 is 82.4 Å². The zero-order valence-corrected chi connectivity index (χ0v) is 44.7. The number of benzene rings is 8. The molecule has 0 unspecified atom stereocenters. The fourth-order valence-electron chi connectivity index (χ4n) is 10.1. The Morgan fingerprint density at radius 2 is 1.23 bits per heavy atom. The maximum Gasteiger partial charge on any atom is 0.135 e. The second-order valence-electron chi connectivity index (χ2n) is 22.0. The predicted octanol–water partition coefficient (Wildman–Crippen LogP) is 17.9. The second kappa shape index (κ2) is 17.9. The minimum Gasteiger partial charge on any atom is -0.510 e. The number of imidazole rings is 1. The van der Waals surface area contributed by atoms with E-state index >= 15 is 0 Å². The number of rotatable bonds is 1. The zero-order chi connectivity index (χ0) is 53.2. The number of nitrogens with zero attached hydrogens (tertiary/aromatic N) is 4. The molecule has 8 aromatic carbocycles. The molecule has 0 atom stereocenters. The number of hydrogen-bond acceptors (Lipinski definition) is 3. The molecule has 0 saturated carbocycles. The Morgan fingerprint density at radius 3 is 1.97 bits per heavy atom. The Morgan fingerprint density at radius 1 is 0.562 bits per heavy atom. The van der Waals surface area contributed by atoms with Gasteiger partial charge in [-0.3, -0.25) is 0 Å². The molecule has 366 valence electrons. The number of fused-ring (bicyclic) bond motifs is 5. The van der Waals surface area contributed by atoms with Crippen LogP contribution in [0.25, 0.3) is 105 Å². The first-order chi connectivity index (χ1) is 36.2. The maximum absolute atomic E-state index is 9.27. The maximum atomic E-state index is 9.27. The molecule has 0 fully saturated rings. The Bertz CT molecular complexity index is 4490. The van der Waals surface area contributed by atoms with E-state index in [4.69, 9.17) is 17.9 Å². The average molecular weight is 1140 g/mol. The summed E-state index contributed by atoms with van der Waals surface area (Å²) in [5.41, 5.74) is 12.3. The minimum atomic E-state index is -0.375. The third kappa shape index (κ3) is 8.56. The van der Waals surface area contributed by atoms with E-state index in [1.807, 2.05) is 60.8 Å². The van der Waals surface area contributed by atoms with E-state index in [2.05, 4.69) is 175 Å². The van der Waals surface area contributed by atoms with Gasteiger partial charge in [-0.1, -0.05) is 177 Å². The summed E-state index contributed by atoms with van der Waals surface area (Å²) in [5.74, 6) is 0. The molecule has 1 aliphatic heterocycles. The molecule has 0 radical (unpaired) electrons. The summed E-state index contributed by atoms with van der Waals surface area (Å²) in [7, 11) is 0. The molecule has 13 aromatic rings. The molecule has 0 spiro atoms. The van der Waals surface area contributed by atoms with Crippen molar-refractivity contribution in [1.29, 1.82) is 0 Å². The van der Waals surface area contributed by atoms with Crippen molar-refractivity contribution in [3.8, 4) is 22.5 Å². The Labute approximate surface area is 446 Å². The molecule has 5 aromatic heterocycles. The fourth-order valence-corrected chi connectivity index (χ4v) is 10.1. The van der Waals surface area contributed by atoms with Crippen LogP contribution in [-0.4, -0.2) is 18.5 Å². The molecule has 0 saturated heterocycles. The van der Waals surface area contributed by atoms with Gasteiger partial charge in [0.2, 0.25) is 0 Å². The van der Waals surface area contributed by atoms with Crippen molar-refractivity contribution in [2.75, 3.05) is 0 Å². The van der Waals surface area contributed by atoms with Gasteiger partial charge < -0.3 is 22.4 Å². The molecule has 0 N–H and O–H groups in total. The predicted molar refractivity (Wildman–Crippen MR) is 300 cm³/mol. The van der Waals surface area contributed by atoms with E-state index in [0.29, 0.717) is 49.8 Å². The summed E-state index contributed by atoms with van der Waals surface area (Å²) in [6.07, 6.45) is 3.99. The Balaban J connectivity index is 0.00000631. The molecule has 1 aliphatic rings. The zero-order valence-electron chi connectivity index (χ0n) is 46.4. The van der Waals surface area contributed by atoms with Crippen LogP contribution >= 0.6 is 0 Å². The van der Waals surface area contributed by atoms with Gasteiger partial charge in [0.1, 0.15) is 16.8 Å². The van der Waals surface area contributed by atoms with Gasteiger partial charge in [-0.15, -0.1) is 29.1 Å². The number of para-hydroxylation sites is 5. The fraction of sp³-hybridized carbons (Fsp3) is 0.182. The van der Waals surface area contributed by atoms with Crippen LogP contribution in [0.3, 0.4) is 0 Å². The molecule has 73 heavy (non-hydrogen) atoms. The molecule has 10 bridgehead atoms. The van der Waals surface area contributed by atoms with Gasteiger partial charge in [0.25, 0.3) is 0 Å². The number of aromatic nitrogens is 4. The standard InChI is InChI=1S/C66H57N4O2.Pt/c1-64(2,3)44-34-43(35-45(36-44)65(4,5)6)50-22-17-23-54-53-21-11-15-27-61(53)72-47-30-28-42(29-31-47)55-40-67-62(39-56(55)66(7,8)9)70-57-24-12-10-20-51(57)52-33-32-49(38-60(52)70)71-48-19-16-18-46(37-48)68-41-69(63(50)54)59-26-14-13-25-58(59)68;/h10-36,39-41H,1-9H3;/q-3;/i10D,12D,20D,24D;. The van der Waals surface area contributed by atoms with Crippen molar-refractivity contribution in [1.82, 2.24) is 18.5 Å². The van der Waals surface area contributed by atoms with Crippen LogP contribution < -0.4 is 0 Å². The van der Waals surface area contributed by atoms with E-state index in [1.165, 1.54) is 11.1 Å². The van der Waals surface area contributed by atoms with Crippen molar-refractivity contribution in [2.45, 2.75) is 78.6 Å². The van der Waals surface area contributed by atoms with Crippen molar-refractivity contribution in [2.24, 2.45) is 0 Å². The van der Waals surface area contributed by atoms with Crippen LogP contribution in [0.15, 0.2) is 191 Å². The SMILES string of the molecule is [2H]c1c([2H])c([2H])c2c(c1[2H])c1ccc3[c-]c1n2c1cc(C(C)(C)C)c(cn1)c1ccc(cc1)oc1ccccc1c1cccc(-c2cc(C(C)(C)C)cc(C(C)(C)C)c2)c1n1[cH-]n(c2[c-]c(ccc2)o3)-c2ccccc2-1.[Pt]. The van der Waals surface area contributed by atoms with E-state index in [-0.39, 0.29) is 61.5 Å². The monoisotopic (exact) mass is 1140 g/mol. The smallest absolute Gasteiger partial charge is 0.135 e. The summed E-state index contributed by atoms with van der Waals surface area (Å²) in [6.45, 7) is 20.1. The molecule has 0 aliphatic carbocycles. The topological polar surface area (TPSA) is 53.4 Å². The van der Waals surface area contributed by atoms with Gasteiger partial charge in [-0.2, -0.15) is 24.3 Å². The minimum absolute atomic E-state index is 0. The van der Waals surface area contributed by atoms with Gasteiger partial charge in [0.15, 0.2) is 0 Å². The molecule has 0 amide bonds. The average Bonchev–Trinajstić information content (AvgIpc) is 4.04. The van der Waals surface area contributed by atoms with E-state index in [0.717, 1.165) is 60.6 Å². The first-order valence-electron chi connectivity index (χ1n) is 26.6. The van der Waals surface area contributed by atoms with Gasteiger partial charge in [-0.05, 0) is 107 Å². The molecule has 6 nitrogen and oxygen atoms in total. The van der Waals surface area contributed by atoms with Crippen LogP contribution in [0.1, 0.15) is 84.5 Å². The van der Waals surface area contributed by atoms with E-state index < -0.39 is 0 Å². The third-order valence-electron chi connectivity index (χ3n) is 13.9. The molecule has 7 heteroatoms. The third-order valence-corrected chi connectivity index (χ3v) is 13.9. The van der Waals surface area contributed by atoms with Crippen LogP contribution in [0.2, 0.25) is 0 Å². The van der Waals surface area contributed by atoms with Crippen molar-refractivity contribution in [3.63, 3.8) is 0 Å². The van der Waals surface area contributed by atoms with Gasteiger partial charge in [-0.25, -0.2) is 4.98 Å². The summed E-state index contributed by atoms with van der Waals surface area (Å²) >= 11 is 0. The van der Waals surface area contributed by atoms with Crippen molar-refractivity contribution in [3.05, 3.63) is 211 Å². The second-order valence-corrected chi connectivity index (χ2v) is 22.0. The molecule has 14 rings (SSSR count). The van der Waals surface area contributed by atoms with Crippen LogP contribution in [-0.2, 0) is 37.3 Å². The van der Waals surface area contributed by atoms with Gasteiger partial charge in [0.05, 0.1) is 5.48 Å². The summed E-state index contributed by atoms with van der Waals surface area (Å²) in [4.78, 5) is 5.08. The first kappa shape index (κ1) is 43.1. The summed E-state index contributed by atoms with van der Waals surface area (Å²) in [5, 5.41) is 4.76. The quantitative estimate of drug-likeness (QED) is 0.154. The van der Waals surface area contributed by atoms with E-state index in [1.54, 1.807) is 10.5 Å². The van der Waals surface area contributed by atoms with Crippen LogP contribution in [0, 0.1) is 12.1 Å². The summed E-state index contributed by atoms with van der Waals surface area (Å²) < 4.78 is 55.8. The first-order valence-corrected chi connectivity index (χ1v) is 24.6. The summed E-state index contributed by atoms with van der Waals surface area (Å²) in [6, 6.07) is 56.1. The normalized spacial score (nSPS) is 13.1. The Hall–Kier alpha value is -7.53.